The van der Waals surface area contributed by atoms with E-state index in [1.54, 1.807) is 48.5 Å². The van der Waals surface area contributed by atoms with Crippen molar-refractivity contribution in [2.45, 2.75) is 115 Å². The molecule has 2 fully saturated rings. The zero-order valence-electron chi connectivity index (χ0n) is 25.8. The maximum absolute atomic E-state index is 12.8. The van der Waals surface area contributed by atoms with Crippen LogP contribution in [0.2, 0.25) is 0 Å². The first-order valence-corrected chi connectivity index (χ1v) is 14.4. The number of esters is 2. The molecule has 0 saturated carbocycles. The minimum absolute atomic E-state index is 0.350. The summed E-state index contributed by atoms with van der Waals surface area (Å²) in [6.07, 6.45) is 1.16. The lowest BCUT2D eigenvalue weighted by Crippen LogP contribution is -2.60. The highest BCUT2D eigenvalue weighted by atomic mass is 16.6. The Balaban J connectivity index is 1.32. The van der Waals surface area contributed by atoms with E-state index in [9.17, 15) is 20.0 Å². The molecule has 2 aliphatic rings. The van der Waals surface area contributed by atoms with Crippen LogP contribution in [0.1, 0.15) is 102 Å². The van der Waals surface area contributed by atoms with Crippen molar-refractivity contribution in [3.05, 3.63) is 59.7 Å². The topological polar surface area (TPSA) is 124 Å². The van der Waals surface area contributed by atoms with Gasteiger partial charge in [-0.05, 0) is 104 Å². The molecule has 0 spiro atoms. The van der Waals surface area contributed by atoms with Crippen molar-refractivity contribution >= 4 is 23.3 Å². The Morgan fingerprint density at radius 1 is 0.571 bits per heavy atom. The Morgan fingerprint density at radius 3 is 1.10 bits per heavy atom. The highest BCUT2D eigenvalue weighted by molar-refractivity contribution is 5.90. The first-order valence-electron chi connectivity index (χ1n) is 14.4. The highest BCUT2D eigenvalue weighted by Gasteiger charge is 2.48. The van der Waals surface area contributed by atoms with Gasteiger partial charge in [0.15, 0.2) is 0 Å². The minimum atomic E-state index is -0.625. The Kier molecular flexibility index (Phi) is 8.68. The molecule has 0 atom stereocenters. The molecule has 10 nitrogen and oxygen atoms in total. The Labute approximate surface area is 248 Å². The van der Waals surface area contributed by atoms with Crippen LogP contribution in [0.25, 0.3) is 0 Å². The number of piperidine rings is 2. The average Bonchev–Trinajstić information content (AvgIpc) is 2.89. The van der Waals surface area contributed by atoms with E-state index in [-0.39, 0.29) is 12.2 Å². The molecular formula is C32H42N4O6. The normalized spacial score (nSPS) is 22.6. The molecule has 2 radical (unpaired) electrons. The van der Waals surface area contributed by atoms with E-state index in [0.29, 0.717) is 48.2 Å². The van der Waals surface area contributed by atoms with Crippen LogP contribution in [0.4, 0.5) is 11.4 Å². The molecule has 42 heavy (non-hydrogen) atoms. The SMILES string of the molecule is CC1(C)CC(OC(=O)c2ccc(N=Nc3ccc(C(=O)OC4CC(C)(C)N([O])C(C)(C)C4)cc3)cc2)CC(C)(C)N1[O]. The van der Waals surface area contributed by atoms with Gasteiger partial charge in [-0.1, -0.05) is 0 Å². The quantitative estimate of drug-likeness (QED) is 0.265. The zero-order valence-corrected chi connectivity index (χ0v) is 25.8. The van der Waals surface area contributed by atoms with Gasteiger partial charge in [0.25, 0.3) is 0 Å². The third kappa shape index (κ3) is 7.06. The van der Waals surface area contributed by atoms with Gasteiger partial charge in [-0.2, -0.15) is 10.2 Å². The van der Waals surface area contributed by atoms with Crippen LogP contribution >= 0.6 is 0 Å². The van der Waals surface area contributed by atoms with Crippen molar-refractivity contribution in [3.8, 4) is 0 Å². The fraction of sp³-hybridized carbons (Fsp3) is 0.562. The minimum Gasteiger partial charge on any atom is -0.459 e. The number of benzene rings is 2. The molecule has 0 bridgehead atoms. The van der Waals surface area contributed by atoms with Crippen molar-refractivity contribution in [2.24, 2.45) is 10.2 Å². The van der Waals surface area contributed by atoms with Crippen LogP contribution < -0.4 is 0 Å². The summed E-state index contributed by atoms with van der Waals surface area (Å²) >= 11 is 0. The van der Waals surface area contributed by atoms with Crippen LogP contribution in [-0.2, 0) is 19.9 Å². The molecule has 2 aromatic rings. The largest absolute Gasteiger partial charge is 0.459 e. The molecule has 2 saturated heterocycles. The predicted octanol–water partition coefficient (Wildman–Crippen LogP) is 7.15. The third-order valence-electron chi connectivity index (χ3n) is 8.14. The maximum atomic E-state index is 12.8. The Bertz CT molecular complexity index is 1180. The molecule has 2 heterocycles. The van der Waals surface area contributed by atoms with E-state index in [1.807, 2.05) is 55.4 Å². The van der Waals surface area contributed by atoms with Gasteiger partial charge in [0.05, 0.1) is 22.5 Å². The number of carbonyl (C=O) groups is 2. The Morgan fingerprint density at radius 2 is 0.833 bits per heavy atom. The summed E-state index contributed by atoms with van der Waals surface area (Å²) < 4.78 is 11.5. The van der Waals surface area contributed by atoms with E-state index < -0.39 is 34.1 Å². The van der Waals surface area contributed by atoms with Gasteiger partial charge in [-0.15, -0.1) is 20.5 Å². The van der Waals surface area contributed by atoms with Crippen molar-refractivity contribution in [1.29, 1.82) is 0 Å². The first-order chi connectivity index (χ1) is 19.4. The average molecular weight is 579 g/mol. The number of rotatable bonds is 6. The van der Waals surface area contributed by atoms with E-state index >= 15 is 0 Å². The molecule has 0 aromatic heterocycles. The summed E-state index contributed by atoms with van der Waals surface area (Å²) in [4.78, 5) is 25.6. The molecule has 226 valence electrons. The molecule has 0 N–H and O–H groups in total. The molecular weight excluding hydrogens is 536 g/mol. The van der Waals surface area contributed by atoms with Crippen molar-refractivity contribution < 1.29 is 29.5 Å². The van der Waals surface area contributed by atoms with Gasteiger partial charge >= 0.3 is 11.9 Å². The van der Waals surface area contributed by atoms with E-state index in [4.69, 9.17) is 9.47 Å². The van der Waals surface area contributed by atoms with Crippen LogP contribution in [0.15, 0.2) is 58.8 Å². The number of nitrogens with zero attached hydrogens (tertiary/aromatic N) is 4. The first kappa shape index (κ1) is 31.7. The van der Waals surface area contributed by atoms with Gasteiger partial charge in [0, 0.05) is 47.8 Å². The number of azo groups is 1. The maximum Gasteiger partial charge on any atom is 0.338 e. The Hall–Kier alpha value is -3.18. The summed E-state index contributed by atoms with van der Waals surface area (Å²) in [5, 5.41) is 35.8. The summed E-state index contributed by atoms with van der Waals surface area (Å²) in [5.41, 5.74) is -0.617. The predicted molar refractivity (Wildman–Crippen MR) is 155 cm³/mol. The van der Waals surface area contributed by atoms with Gasteiger partial charge in [0.1, 0.15) is 12.2 Å². The van der Waals surface area contributed by atoms with Crippen LogP contribution in [0.5, 0.6) is 0 Å². The van der Waals surface area contributed by atoms with Gasteiger partial charge in [0.2, 0.25) is 0 Å². The van der Waals surface area contributed by atoms with Gasteiger partial charge < -0.3 is 9.47 Å². The van der Waals surface area contributed by atoms with E-state index in [0.717, 1.165) is 10.1 Å². The van der Waals surface area contributed by atoms with Crippen LogP contribution in [0, 0.1) is 0 Å². The second-order valence-electron chi connectivity index (χ2n) is 14.0. The molecule has 2 aliphatic heterocycles. The van der Waals surface area contributed by atoms with Crippen molar-refractivity contribution in [2.75, 3.05) is 0 Å². The number of carbonyl (C=O) groups excluding carboxylic acids is 2. The van der Waals surface area contributed by atoms with Gasteiger partial charge in [-0.25, -0.2) is 9.59 Å². The molecule has 4 rings (SSSR count). The van der Waals surface area contributed by atoms with Crippen molar-refractivity contribution in [3.63, 3.8) is 0 Å². The molecule has 0 aliphatic carbocycles. The summed E-state index contributed by atoms with van der Waals surface area (Å²) in [6.45, 7) is 14.9. The van der Waals surface area contributed by atoms with Crippen molar-refractivity contribution in [1.82, 2.24) is 10.1 Å². The lowest BCUT2D eigenvalue weighted by atomic mass is 9.80. The molecule has 0 amide bonds. The molecule has 0 unspecified atom stereocenters. The van der Waals surface area contributed by atoms with E-state index in [2.05, 4.69) is 10.2 Å². The number of hydrogen-bond acceptors (Lipinski definition) is 8. The second-order valence-corrected chi connectivity index (χ2v) is 14.0. The van der Waals surface area contributed by atoms with Crippen LogP contribution in [0.3, 0.4) is 0 Å². The fourth-order valence-corrected chi connectivity index (χ4v) is 6.39. The lowest BCUT2D eigenvalue weighted by molar-refractivity contribution is -0.298. The monoisotopic (exact) mass is 578 g/mol. The smallest absolute Gasteiger partial charge is 0.338 e. The number of hydrogen-bond donors (Lipinski definition) is 0. The standard InChI is InChI=1S/C32H42N4O6/c1-29(2)17-25(18-30(3,4)35(29)39)41-27(37)21-9-13-23(14-10-21)33-34-24-15-11-22(12-16-24)28(38)42-26-19-31(5,6)36(40)32(7,8)20-26/h9-16,25-26H,17-20H2,1-8H3. The summed E-state index contributed by atoms with van der Waals surface area (Å²) in [5.74, 6) is -0.884. The number of ether oxygens (including phenoxy) is 2. The van der Waals surface area contributed by atoms with Gasteiger partial charge in [-0.3, -0.25) is 0 Å². The number of hydroxylamine groups is 4. The summed E-state index contributed by atoms with van der Waals surface area (Å²) in [7, 11) is 0. The molecule has 10 heteroatoms. The lowest BCUT2D eigenvalue weighted by Gasteiger charge is -2.49. The molecule has 2 aromatic carbocycles. The van der Waals surface area contributed by atoms with Crippen LogP contribution in [-0.4, -0.2) is 56.4 Å². The summed E-state index contributed by atoms with van der Waals surface area (Å²) in [6, 6.07) is 13.2. The highest BCUT2D eigenvalue weighted by Crippen LogP contribution is 2.39. The fourth-order valence-electron chi connectivity index (χ4n) is 6.39. The second kappa shape index (κ2) is 11.5. The van der Waals surface area contributed by atoms with E-state index in [1.165, 1.54) is 0 Å². The third-order valence-corrected chi connectivity index (χ3v) is 8.14. The zero-order chi connectivity index (χ0) is 31.1.